The van der Waals surface area contributed by atoms with Gasteiger partial charge in [0.05, 0.1) is 14.2 Å². The quantitative estimate of drug-likeness (QED) is 0.856. The fourth-order valence-electron chi connectivity index (χ4n) is 2.20. The number of methoxy groups -OCH3 is 2. The molecule has 0 spiro atoms. The molecule has 17 heavy (non-hydrogen) atoms. The van der Waals surface area contributed by atoms with Crippen LogP contribution in [0.25, 0.3) is 0 Å². The molecule has 0 fully saturated rings. The zero-order valence-corrected chi connectivity index (χ0v) is 11.5. The van der Waals surface area contributed by atoms with Crippen molar-refractivity contribution >= 4 is 0 Å². The van der Waals surface area contributed by atoms with Gasteiger partial charge in [-0.1, -0.05) is 13.8 Å². The summed E-state index contributed by atoms with van der Waals surface area (Å²) in [7, 11) is 3.38. The fourth-order valence-corrected chi connectivity index (χ4v) is 2.20. The molecule has 0 unspecified atom stereocenters. The van der Waals surface area contributed by atoms with Crippen LogP contribution in [0.3, 0.4) is 0 Å². The molecule has 1 aromatic rings. The standard InChI is InChI=1S/C14H23NO2/c1-10-8-11(16-4)13(12(9-10)17-5)14(2,3)6-7-15/h8-9H,6-7,15H2,1-5H3. The Labute approximate surface area is 104 Å². The molecule has 0 amide bonds. The Morgan fingerprint density at radius 3 is 1.94 bits per heavy atom. The molecule has 3 nitrogen and oxygen atoms in total. The van der Waals surface area contributed by atoms with E-state index in [1.807, 2.05) is 19.1 Å². The van der Waals surface area contributed by atoms with E-state index in [2.05, 4.69) is 13.8 Å². The van der Waals surface area contributed by atoms with Gasteiger partial charge in [0, 0.05) is 5.56 Å². The second-order valence-corrected chi connectivity index (χ2v) is 4.97. The molecule has 1 aromatic carbocycles. The van der Waals surface area contributed by atoms with Gasteiger partial charge >= 0.3 is 0 Å². The molecule has 0 bridgehead atoms. The number of ether oxygens (including phenoxy) is 2. The van der Waals surface area contributed by atoms with Crippen molar-refractivity contribution < 1.29 is 9.47 Å². The van der Waals surface area contributed by atoms with Crippen molar-refractivity contribution in [2.45, 2.75) is 32.6 Å². The lowest BCUT2D eigenvalue weighted by Gasteiger charge is -2.28. The Hall–Kier alpha value is -1.22. The predicted octanol–water partition coefficient (Wildman–Crippen LogP) is 2.64. The van der Waals surface area contributed by atoms with Crippen molar-refractivity contribution in [1.29, 1.82) is 0 Å². The lowest BCUT2D eigenvalue weighted by Crippen LogP contribution is -2.23. The molecule has 0 aromatic heterocycles. The minimum absolute atomic E-state index is 0.0564. The first-order chi connectivity index (χ1) is 7.96. The molecular weight excluding hydrogens is 214 g/mol. The summed E-state index contributed by atoms with van der Waals surface area (Å²) in [6.07, 6.45) is 0.892. The summed E-state index contributed by atoms with van der Waals surface area (Å²) in [6, 6.07) is 4.08. The Morgan fingerprint density at radius 2 is 1.59 bits per heavy atom. The summed E-state index contributed by atoms with van der Waals surface area (Å²) in [5, 5.41) is 0. The molecule has 3 heteroatoms. The van der Waals surface area contributed by atoms with Crippen molar-refractivity contribution in [3.63, 3.8) is 0 Å². The van der Waals surface area contributed by atoms with Crippen molar-refractivity contribution in [2.75, 3.05) is 20.8 Å². The molecule has 0 aliphatic carbocycles. The Morgan fingerprint density at radius 1 is 1.12 bits per heavy atom. The molecule has 96 valence electrons. The van der Waals surface area contributed by atoms with Crippen molar-refractivity contribution in [2.24, 2.45) is 5.73 Å². The van der Waals surface area contributed by atoms with Gasteiger partial charge in [0.1, 0.15) is 11.5 Å². The monoisotopic (exact) mass is 237 g/mol. The van der Waals surface area contributed by atoms with Crippen molar-refractivity contribution in [3.8, 4) is 11.5 Å². The maximum atomic E-state index is 5.68. The third-order valence-corrected chi connectivity index (χ3v) is 3.10. The molecule has 0 saturated heterocycles. The second kappa shape index (κ2) is 5.41. The molecule has 0 aliphatic rings. The number of rotatable bonds is 5. The number of nitrogens with two attached hydrogens (primary N) is 1. The summed E-state index contributed by atoms with van der Waals surface area (Å²) in [5.41, 5.74) is 7.85. The van der Waals surface area contributed by atoms with E-state index >= 15 is 0 Å². The maximum Gasteiger partial charge on any atom is 0.126 e. The first-order valence-corrected chi connectivity index (χ1v) is 5.89. The van der Waals surface area contributed by atoms with E-state index in [-0.39, 0.29) is 5.41 Å². The first-order valence-electron chi connectivity index (χ1n) is 5.89. The third-order valence-electron chi connectivity index (χ3n) is 3.10. The van der Waals surface area contributed by atoms with Gasteiger partial charge in [-0.05, 0) is 43.0 Å². The maximum absolute atomic E-state index is 5.68. The minimum atomic E-state index is -0.0564. The summed E-state index contributed by atoms with van der Waals surface area (Å²) < 4.78 is 11.0. The van der Waals surface area contributed by atoms with Crippen LogP contribution in [0.15, 0.2) is 12.1 Å². The van der Waals surface area contributed by atoms with Gasteiger partial charge < -0.3 is 15.2 Å². The molecule has 1 rings (SSSR count). The molecule has 0 atom stereocenters. The van der Waals surface area contributed by atoms with Gasteiger partial charge in [-0.25, -0.2) is 0 Å². The van der Waals surface area contributed by atoms with E-state index in [0.717, 1.165) is 29.0 Å². The number of benzene rings is 1. The van der Waals surface area contributed by atoms with Crippen LogP contribution in [0, 0.1) is 6.92 Å². The highest BCUT2D eigenvalue weighted by atomic mass is 16.5. The zero-order valence-electron chi connectivity index (χ0n) is 11.5. The SMILES string of the molecule is COc1cc(C)cc(OC)c1C(C)(C)CCN. The van der Waals surface area contributed by atoms with Crippen molar-refractivity contribution in [3.05, 3.63) is 23.3 Å². The number of hydrogen-bond donors (Lipinski definition) is 1. The van der Waals surface area contributed by atoms with Crippen LogP contribution in [-0.2, 0) is 5.41 Å². The van der Waals surface area contributed by atoms with E-state index in [9.17, 15) is 0 Å². The average Bonchev–Trinajstić information content (AvgIpc) is 2.27. The molecule has 0 heterocycles. The second-order valence-electron chi connectivity index (χ2n) is 4.97. The van der Waals surface area contributed by atoms with E-state index in [1.54, 1.807) is 14.2 Å². The fraction of sp³-hybridized carbons (Fsp3) is 0.571. The van der Waals surface area contributed by atoms with Gasteiger partial charge in [-0.2, -0.15) is 0 Å². The Balaban J connectivity index is 3.37. The average molecular weight is 237 g/mol. The summed E-state index contributed by atoms with van der Waals surface area (Å²) in [4.78, 5) is 0. The molecular formula is C14H23NO2. The molecule has 0 saturated carbocycles. The minimum Gasteiger partial charge on any atom is -0.496 e. The van der Waals surface area contributed by atoms with E-state index < -0.39 is 0 Å². The van der Waals surface area contributed by atoms with Gasteiger partial charge in [-0.3, -0.25) is 0 Å². The van der Waals surface area contributed by atoms with Gasteiger partial charge in [0.2, 0.25) is 0 Å². The van der Waals surface area contributed by atoms with Crippen LogP contribution in [0.1, 0.15) is 31.4 Å². The lowest BCUT2D eigenvalue weighted by molar-refractivity contribution is 0.355. The predicted molar refractivity (Wildman–Crippen MR) is 71.0 cm³/mol. The van der Waals surface area contributed by atoms with E-state index in [0.29, 0.717) is 6.54 Å². The van der Waals surface area contributed by atoms with Crippen LogP contribution in [0.4, 0.5) is 0 Å². The summed E-state index contributed by atoms with van der Waals surface area (Å²) in [5.74, 6) is 1.75. The Bertz CT molecular complexity index is 361. The largest absolute Gasteiger partial charge is 0.496 e. The highest BCUT2D eigenvalue weighted by Crippen LogP contribution is 2.41. The topological polar surface area (TPSA) is 44.5 Å². The first kappa shape index (κ1) is 13.8. The highest BCUT2D eigenvalue weighted by molar-refractivity contribution is 5.51. The van der Waals surface area contributed by atoms with Crippen LogP contribution in [0.5, 0.6) is 11.5 Å². The van der Waals surface area contributed by atoms with Crippen LogP contribution >= 0.6 is 0 Å². The van der Waals surface area contributed by atoms with Gasteiger partial charge in [-0.15, -0.1) is 0 Å². The van der Waals surface area contributed by atoms with E-state index in [1.165, 1.54) is 0 Å². The van der Waals surface area contributed by atoms with Crippen LogP contribution < -0.4 is 15.2 Å². The third kappa shape index (κ3) is 2.91. The summed E-state index contributed by atoms with van der Waals surface area (Å²) >= 11 is 0. The Kier molecular flexibility index (Phi) is 4.40. The lowest BCUT2D eigenvalue weighted by atomic mass is 9.80. The normalized spacial score (nSPS) is 11.4. The molecule has 0 radical (unpaired) electrons. The van der Waals surface area contributed by atoms with Crippen LogP contribution in [-0.4, -0.2) is 20.8 Å². The highest BCUT2D eigenvalue weighted by Gasteiger charge is 2.28. The van der Waals surface area contributed by atoms with E-state index in [4.69, 9.17) is 15.2 Å². The molecule has 2 N–H and O–H groups in total. The molecule has 0 aliphatic heterocycles. The van der Waals surface area contributed by atoms with Gasteiger partial charge in [0.25, 0.3) is 0 Å². The van der Waals surface area contributed by atoms with Gasteiger partial charge in [0.15, 0.2) is 0 Å². The zero-order chi connectivity index (χ0) is 13.1. The number of hydrogen-bond acceptors (Lipinski definition) is 3. The van der Waals surface area contributed by atoms with Crippen molar-refractivity contribution in [1.82, 2.24) is 0 Å². The summed E-state index contributed by atoms with van der Waals surface area (Å²) in [6.45, 7) is 7.00. The number of aryl methyl sites for hydroxylation is 1. The van der Waals surface area contributed by atoms with Crippen LogP contribution in [0.2, 0.25) is 0 Å². The smallest absolute Gasteiger partial charge is 0.126 e.